The van der Waals surface area contributed by atoms with E-state index in [1.807, 2.05) is 13.8 Å². The highest BCUT2D eigenvalue weighted by Gasteiger charge is 2.24. The molecule has 0 spiro atoms. The van der Waals surface area contributed by atoms with E-state index >= 15 is 0 Å². The predicted molar refractivity (Wildman–Crippen MR) is 84.5 cm³/mol. The van der Waals surface area contributed by atoms with Crippen LogP contribution in [0.5, 0.6) is 0 Å². The minimum atomic E-state index is -0.292. The van der Waals surface area contributed by atoms with Crippen LogP contribution in [0.15, 0.2) is 49.1 Å². The van der Waals surface area contributed by atoms with Gasteiger partial charge in [0.15, 0.2) is 11.3 Å². The fourth-order valence-corrected chi connectivity index (χ4v) is 2.66. The average molecular weight is 312 g/mol. The second kappa shape index (κ2) is 6.16. The first kappa shape index (κ1) is 15.1. The molecular weight excluding hydrogens is 295 g/mol. The van der Waals surface area contributed by atoms with Crippen molar-refractivity contribution in [3.8, 4) is 0 Å². The summed E-state index contributed by atoms with van der Waals surface area (Å²) in [5, 5.41) is 0. The third-order valence-corrected chi connectivity index (χ3v) is 3.94. The van der Waals surface area contributed by atoms with Crippen LogP contribution in [-0.2, 0) is 0 Å². The highest BCUT2D eigenvalue weighted by molar-refractivity contribution is 5.98. The molecule has 0 aliphatic heterocycles. The molecule has 0 fully saturated rings. The van der Waals surface area contributed by atoms with Crippen LogP contribution in [0.2, 0.25) is 0 Å². The SMILES string of the molecule is CCN(C(=O)c1nccn2ccnc12)[C@@H](C)c1ccc(F)cc1. The number of benzene rings is 1. The molecule has 5 nitrogen and oxygen atoms in total. The van der Waals surface area contributed by atoms with Crippen molar-refractivity contribution in [1.29, 1.82) is 0 Å². The number of rotatable bonds is 4. The molecule has 6 heteroatoms. The topological polar surface area (TPSA) is 50.5 Å². The van der Waals surface area contributed by atoms with Crippen LogP contribution in [0.4, 0.5) is 4.39 Å². The van der Waals surface area contributed by atoms with Gasteiger partial charge in [0.25, 0.3) is 5.91 Å². The van der Waals surface area contributed by atoms with Gasteiger partial charge in [-0.25, -0.2) is 14.4 Å². The fraction of sp³-hybridized carbons (Fsp3) is 0.235. The number of fused-ring (bicyclic) bond motifs is 1. The zero-order chi connectivity index (χ0) is 16.4. The Bertz CT molecular complexity index is 828. The summed E-state index contributed by atoms with van der Waals surface area (Å²) in [5.74, 6) is -0.486. The van der Waals surface area contributed by atoms with Crippen molar-refractivity contribution in [2.75, 3.05) is 6.54 Å². The van der Waals surface area contributed by atoms with Gasteiger partial charge in [-0.2, -0.15) is 0 Å². The molecule has 0 bridgehead atoms. The molecular formula is C17H17FN4O. The number of aromatic nitrogens is 3. The minimum Gasteiger partial charge on any atom is -0.331 e. The van der Waals surface area contributed by atoms with Crippen LogP contribution in [0.3, 0.4) is 0 Å². The van der Waals surface area contributed by atoms with E-state index in [9.17, 15) is 9.18 Å². The zero-order valence-corrected chi connectivity index (χ0v) is 13.0. The highest BCUT2D eigenvalue weighted by Crippen LogP contribution is 2.22. The second-order valence-corrected chi connectivity index (χ2v) is 5.25. The van der Waals surface area contributed by atoms with Gasteiger partial charge in [0, 0.05) is 31.3 Å². The Morgan fingerprint density at radius 3 is 2.52 bits per heavy atom. The third-order valence-electron chi connectivity index (χ3n) is 3.94. The smallest absolute Gasteiger partial charge is 0.276 e. The van der Waals surface area contributed by atoms with Crippen LogP contribution < -0.4 is 0 Å². The molecule has 3 rings (SSSR count). The molecule has 1 amide bonds. The molecule has 118 valence electrons. The van der Waals surface area contributed by atoms with E-state index in [0.29, 0.717) is 17.9 Å². The molecule has 0 N–H and O–H groups in total. The summed E-state index contributed by atoms with van der Waals surface area (Å²) in [6.07, 6.45) is 6.73. The largest absolute Gasteiger partial charge is 0.331 e. The third kappa shape index (κ3) is 2.79. The van der Waals surface area contributed by atoms with Crippen molar-refractivity contribution in [1.82, 2.24) is 19.3 Å². The lowest BCUT2D eigenvalue weighted by atomic mass is 10.1. The zero-order valence-electron chi connectivity index (χ0n) is 13.0. The van der Waals surface area contributed by atoms with E-state index < -0.39 is 0 Å². The Hall–Kier alpha value is -2.76. The molecule has 2 heterocycles. The van der Waals surface area contributed by atoms with Crippen molar-refractivity contribution in [3.05, 3.63) is 66.1 Å². The molecule has 0 aliphatic rings. The quantitative estimate of drug-likeness (QED) is 0.744. The van der Waals surface area contributed by atoms with Gasteiger partial charge in [-0.15, -0.1) is 0 Å². The van der Waals surface area contributed by atoms with Gasteiger partial charge in [0.1, 0.15) is 5.82 Å². The first-order valence-electron chi connectivity index (χ1n) is 7.46. The van der Waals surface area contributed by atoms with Gasteiger partial charge in [0.2, 0.25) is 0 Å². The number of imidazole rings is 1. The van der Waals surface area contributed by atoms with Crippen molar-refractivity contribution < 1.29 is 9.18 Å². The van der Waals surface area contributed by atoms with Crippen LogP contribution >= 0.6 is 0 Å². The van der Waals surface area contributed by atoms with Gasteiger partial charge in [-0.3, -0.25) is 4.79 Å². The van der Waals surface area contributed by atoms with Gasteiger partial charge < -0.3 is 9.30 Å². The highest BCUT2D eigenvalue weighted by atomic mass is 19.1. The van der Waals surface area contributed by atoms with Gasteiger partial charge in [-0.05, 0) is 31.5 Å². The molecule has 0 saturated carbocycles. The van der Waals surface area contributed by atoms with Gasteiger partial charge in [-0.1, -0.05) is 12.1 Å². The molecule has 2 aromatic heterocycles. The van der Waals surface area contributed by atoms with Gasteiger partial charge in [0.05, 0.1) is 6.04 Å². The summed E-state index contributed by atoms with van der Waals surface area (Å²) >= 11 is 0. The Morgan fingerprint density at radius 1 is 1.22 bits per heavy atom. The van der Waals surface area contributed by atoms with E-state index in [1.165, 1.54) is 12.1 Å². The fourth-order valence-electron chi connectivity index (χ4n) is 2.66. The van der Waals surface area contributed by atoms with E-state index in [0.717, 1.165) is 5.56 Å². The monoisotopic (exact) mass is 312 g/mol. The van der Waals surface area contributed by atoms with Crippen molar-refractivity contribution in [2.24, 2.45) is 0 Å². The summed E-state index contributed by atoms with van der Waals surface area (Å²) in [7, 11) is 0. The number of hydrogen-bond donors (Lipinski definition) is 0. The van der Waals surface area contributed by atoms with Crippen molar-refractivity contribution in [2.45, 2.75) is 19.9 Å². The Kier molecular flexibility index (Phi) is 4.06. The maximum atomic E-state index is 13.1. The standard InChI is InChI=1S/C17H17FN4O/c1-3-22(12(2)13-4-6-14(18)7-5-13)17(23)15-16-20-9-11-21(16)10-8-19-15/h4-12H,3H2,1-2H3/t12-/m0/s1. The van der Waals surface area contributed by atoms with Crippen LogP contribution in [0.1, 0.15) is 35.9 Å². The summed E-state index contributed by atoms with van der Waals surface area (Å²) in [6, 6.07) is 6.00. The van der Waals surface area contributed by atoms with E-state index in [2.05, 4.69) is 9.97 Å². The van der Waals surface area contributed by atoms with Gasteiger partial charge >= 0.3 is 0 Å². The lowest BCUT2D eigenvalue weighted by molar-refractivity contribution is 0.0697. The minimum absolute atomic E-state index is 0.190. The molecule has 0 saturated heterocycles. The molecule has 0 aliphatic carbocycles. The molecule has 23 heavy (non-hydrogen) atoms. The van der Waals surface area contributed by atoms with E-state index in [4.69, 9.17) is 0 Å². The van der Waals surface area contributed by atoms with E-state index in [1.54, 1.807) is 46.2 Å². The number of halogens is 1. The summed E-state index contributed by atoms with van der Waals surface area (Å²) < 4.78 is 14.9. The summed E-state index contributed by atoms with van der Waals surface area (Å²) in [4.78, 5) is 23.0. The predicted octanol–water partition coefficient (Wildman–Crippen LogP) is 3.09. The van der Waals surface area contributed by atoms with Crippen molar-refractivity contribution >= 4 is 11.6 Å². The number of amides is 1. The number of carbonyl (C=O) groups excluding carboxylic acids is 1. The molecule has 0 unspecified atom stereocenters. The average Bonchev–Trinajstić information content (AvgIpc) is 3.04. The maximum Gasteiger partial charge on any atom is 0.276 e. The molecule has 3 aromatic rings. The van der Waals surface area contributed by atoms with Crippen molar-refractivity contribution in [3.63, 3.8) is 0 Å². The summed E-state index contributed by atoms with van der Waals surface area (Å²) in [5.41, 5.74) is 1.72. The number of nitrogens with zero attached hydrogens (tertiary/aromatic N) is 4. The number of carbonyl (C=O) groups is 1. The maximum absolute atomic E-state index is 13.1. The first-order valence-corrected chi connectivity index (χ1v) is 7.46. The van der Waals surface area contributed by atoms with Crippen LogP contribution in [0, 0.1) is 5.82 Å². The Labute approximate surface area is 133 Å². The molecule has 1 atom stereocenters. The number of hydrogen-bond acceptors (Lipinski definition) is 3. The first-order chi connectivity index (χ1) is 11.1. The van der Waals surface area contributed by atoms with Crippen LogP contribution in [0.25, 0.3) is 5.65 Å². The molecule has 0 radical (unpaired) electrons. The Morgan fingerprint density at radius 2 is 1.87 bits per heavy atom. The molecule has 1 aromatic carbocycles. The Balaban J connectivity index is 1.95. The lowest BCUT2D eigenvalue weighted by Crippen LogP contribution is -2.34. The lowest BCUT2D eigenvalue weighted by Gasteiger charge is -2.28. The van der Waals surface area contributed by atoms with Crippen LogP contribution in [-0.4, -0.2) is 31.7 Å². The van der Waals surface area contributed by atoms with E-state index in [-0.39, 0.29) is 17.8 Å². The normalized spacial score (nSPS) is 12.3. The summed E-state index contributed by atoms with van der Waals surface area (Å²) in [6.45, 7) is 4.34. The second-order valence-electron chi connectivity index (χ2n) is 5.25.